The van der Waals surface area contributed by atoms with Gasteiger partial charge >= 0.3 is 6.36 Å². The Kier molecular flexibility index (Phi) is 3.93. The molecule has 0 spiro atoms. The van der Waals surface area contributed by atoms with Crippen LogP contribution in [0.2, 0.25) is 0 Å². The number of halogens is 5. The van der Waals surface area contributed by atoms with E-state index in [-0.39, 0.29) is 17.0 Å². The van der Waals surface area contributed by atoms with Gasteiger partial charge < -0.3 is 4.74 Å². The second kappa shape index (κ2) is 5.32. The summed E-state index contributed by atoms with van der Waals surface area (Å²) >= 11 is 1.80. The van der Waals surface area contributed by atoms with Crippen molar-refractivity contribution >= 4 is 22.6 Å². The fourth-order valence-corrected chi connectivity index (χ4v) is 2.22. The summed E-state index contributed by atoms with van der Waals surface area (Å²) in [5, 5.41) is 0. The summed E-state index contributed by atoms with van der Waals surface area (Å²) in [5.41, 5.74) is 0.395. The highest BCUT2D eigenvalue weighted by Crippen LogP contribution is 2.34. The molecule has 1 heterocycles. The topological polar surface area (TPSA) is 22.1 Å². The molecular formula is C12H6F4INO. The molecule has 2 rings (SSSR count). The van der Waals surface area contributed by atoms with Crippen LogP contribution in [-0.4, -0.2) is 11.3 Å². The fraction of sp³-hybridized carbons (Fsp3) is 0.0833. The summed E-state index contributed by atoms with van der Waals surface area (Å²) in [5.74, 6) is -0.922. The maximum Gasteiger partial charge on any atom is 0.573 e. The Balaban J connectivity index is 2.50. The van der Waals surface area contributed by atoms with E-state index in [0.29, 0.717) is 3.57 Å². The van der Waals surface area contributed by atoms with Crippen LogP contribution in [-0.2, 0) is 0 Å². The van der Waals surface area contributed by atoms with Crippen molar-refractivity contribution in [2.24, 2.45) is 0 Å². The number of hydrogen-bond donors (Lipinski definition) is 0. The Hall–Kier alpha value is -1.38. The summed E-state index contributed by atoms with van der Waals surface area (Å²) in [7, 11) is 0. The van der Waals surface area contributed by atoms with Gasteiger partial charge in [0.2, 0.25) is 0 Å². The summed E-state index contributed by atoms with van der Waals surface area (Å²) < 4.78 is 54.2. The lowest BCUT2D eigenvalue weighted by molar-refractivity contribution is -0.274. The zero-order chi connectivity index (χ0) is 14.0. The summed E-state index contributed by atoms with van der Waals surface area (Å²) in [6.45, 7) is 0. The molecule has 0 aliphatic rings. The molecule has 0 aliphatic heterocycles. The Morgan fingerprint density at radius 3 is 2.47 bits per heavy atom. The van der Waals surface area contributed by atoms with E-state index in [0.717, 1.165) is 6.20 Å². The third-order valence-corrected chi connectivity index (χ3v) is 3.00. The molecule has 19 heavy (non-hydrogen) atoms. The summed E-state index contributed by atoms with van der Waals surface area (Å²) in [6.07, 6.45) is -3.84. The first-order valence-electron chi connectivity index (χ1n) is 5.03. The van der Waals surface area contributed by atoms with Crippen molar-refractivity contribution in [1.82, 2.24) is 4.98 Å². The largest absolute Gasteiger partial charge is 0.573 e. The molecule has 2 nitrogen and oxygen atoms in total. The highest BCUT2D eigenvalue weighted by atomic mass is 127. The van der Waals surface area contributed by atoms with Crippen molar-refractivity contribution in [2.75, 3.05) is 0 Å². The lowest BCUT2D eigenvalue weighted by Crippen LogP contribution is -2.17. The van der Waals surface area contributed by atoms with Crippen molar-refractivity contribution < 1.29 is 22.3 Å². The van der Waals surface area contributed by atoms with Crippen LogP contribution in [0.5, 0.6) is 5.75 Å². The van der Waals surface area contributed by atoms with Gasteiger partial charge in [0.1, 0.15) is 11.6 Å². The van der Waals surface area contributed by atoms with Gasteiger partial charge in [0, 0.05) is 9.13 Å². The van der Waals surface area contributed by atoms with Gasteiger partial charge in [-0.3, -0.25) is 4.98 Å². The third-order valence-electron chi connectivity index (χ3n) is 2.18. The average Bonchev–Trinajstić information content (AvgIpc) is 2.28. The van der Waals surface area contributed by atoms with Crippen LogP contribution in [0.15, 0.2) is 36.5 Å². The van der Waals surface area contributed by atoms with E-state index in [9.17, 15) is 17.6 Å². The normalized spacial score (nSPS) is 11.4. The molecule has 100 valence electrons. The second-order valence-corrected chi connectivity index (χ2v) is 4.69. The standard InChI is InChI=1S/C12H6F4INO/c13-7-5-9(17)11(18-6-7)8-3-1-2-4-10(8)19-12(14,15)16/h1-6H. The van der Waals surface area contributed by atoms with Gasteiger partial charge in [-0.05, 0) is 40.8 Å². The number of rotatable bonds is 2. The van der Waals surface area contributed by atoms with Gasteiger partial charge in [-0.1, -0.05) is 12.1 Å². The number of aromatic nitrogens is 1. The maximum absolute atomic E-state index is 13.0. The Morgan fingerprint density at radius 2 is 1.84 bits per heavy atom. The van der Waals surface area contributed by atoms with Crippen LogP contribution in [0.4, 0.5) is 17.6 Å². The lowest BCUT2D eigenvalue weighted by atomic mass is 10.1. The van der Waals surface area contributed by atoms with Crippen LogP contribution < -0.4 is 4.74 Å². The summed E-state index contributed by atoms with van der Waals surface area (Å²) in [4.78, 5) is 3.81. The quantitative estimate of drug-likeness (QED) is 0.567. The number of alkyl halides is 3. The predicted octanol–water partition coefficient (Wildman–Crippen LogP) is 4.39. The van der Waals surface area contributed by atoms with E-state index in [2.05, 4.69) is 9.72 Å². The van der Waals surface area contributed by atoms with Gasteiger partial charge in [-0.25, -0.2) is 4.39 Å². The number of nitrogens with zero attached hydrogens (tertiary/aromatic N) is 1. The molecule has 1 aromatic carbocycles. The highest BCUT2D eigenvalue weighted by Gasteiger charge is 2.32. The van der Waals surface area contributed by atoms with Crippen molar-refractivity contribution in [3.63, 3.8) is 0 Å². The van der Waals surface area contributed by atoms with Gasteiger partial charge in [-0.15, -0.1) is 13.2 Å². The third kappa shape index (κ3) is 3.55. The van der Waals surface area contributed by atoms with E-state index >= 15 is 0 Å². The first-order chi connectivity index (χ1) is 8.87. The van der Waals surface area contributed by atoms with E-state index in [1.807, 2.05) is 0 Å². The fourth-order valence-electron chi connectivity index (χ4n) is 1.49. The minimum absolute atomic E-state index is 0.157. The molecule has 0 aliphatic carbocycles. The number of hydrogen-bond acceptors (Lipinski definition) is 2. The lowest BCUT2D eigenvalue weighted by Gasteiger charge is -2.13. The molecule has 0 radical (unpaired) electrons. The molecule has 7 heteroatoms. The molecular weight excluding hydrogens is 377 g/mol. The van der Waals surface area contributed by atoms with Crippen molar-refractivity contribution in [3.8, 4) is 17.0 Å². The van der Waals surface area contributed by atoms with Crippen LogP contribution in [0.1, 0.15) is 0 Å². The van der Waals surface area contributed by atoms with Crippen molar-refractivity contribution in [1.29, 1.82) is 0 Å². The number of para-hydroxylation sites is 1. The average molecular weight is 383 g/mol. The summed E-state index contributed by atoms with van der Waals surface area (Å²) in [6, 6.07) is 6.78. The number of pyridine rings is 1. The van der Waals surface area contributed by atoms with Crippen molar-refractivity contribution in [3.05, 3.63) is 45.9 Å². The van der Waals surface area contributed by atoms with Crippen LogP contribution >= 0.6 is 22.6 Å². The molecule has 2 aromatic rings. The molecule has 0 saturated heterocycles. The van der Waals surface area contributed by atoms with Crippen LogP contribution in [0.25, 0.3) is 11.3 Å². The van der Waals surface area contributed by atoms with E-state index in [1.165, 1.54) is 24.3 Å². The first kappa shape index (κ1) is 14.0. The molecule has 0 saturated carbocycles. The van der Waals surface area contributed by atoms with E-state index < -0.39 is 12.2 Å². The van der Waals surface area contributed by atoms with Gasteiger partial charge in [0.25, 0.3) is 0 Å². The molecule has 0 N–H and O–H groups in total. The van der Waals surface area contributed by atoms with Crippen LogP contribution in [0.3, 0.4) is 0 Å². The Labute approximate surface area is 119 Å². The van der Waals surface area contributed by atoms with Crippen LogP contribution in [0, 0.1) is 9.39 Å². The maximum atomic E-state index is 13.0. The number of ether oxygens (including phenoxy) is 1. The first-order valence-corrected chi connectivity index (χ1v) is 6.11. The van der Waals surface area contributed by atoms with Gasteiger partial charge in [-0.2, -0.15) is 0 Å². The zero-order valence-corrected chi connectivity index (χ0v) is 11.4. The molecule has 0 unspecified atom stereocenters. The second-order valence-electron chi connectivity index (χ2n) is 3.53. The Bertz CT molecular complexity index is 601. The highest BCUT2D eigenvalue weighted by molar-refractivity contribution is 14.1. The molecule has 0 amide bonds. The SMILES string of the molecule is Fc1cnc(-c2ccccc2OC(F)(F)F)c(I)c1. The molecule has 0 atom stereocenters. The molecule has 1 aromatic heterocycles. The molecule has 0 bridgehead atoms. The van der Waals surface area contributed by atoms with E-state index in [1.54, 1.807) is 28.7 Å². The smallest absolute Gasteiger partial charge is 0.405 e. The van der Waals surface area contributed by atoms with Gasteiger partial charge in [0.15, 0.2) is 0 Å². The minimum Gasteiger partial charge on any atom is -0.405 e. The predicted molar refractivity (Wildman–Crippen MR) is 69.0 cm³/mol. The minimum atomic E-state index is -4.79. The van der Waals surface area contributed by atoms with Crippen molar-refractivity contribution in [2.45, 2.75) is 6.36 Å². The zero-order valence-electron chi connectivity index (χ0n) is 9.21. The number of benzene rings is 1. The van der Waals surface area contributed by atoms with Gasteiger partial charge in [0.05, 0.1) is 11.9 Å². The monoisotopic (exact) mass is 383 g/mol. The Morgan fingerprint density at radius 1 is 1.16 bits per heavy atom. The van der Waals surface area contributed by atoms with E-state index in [4.69, 9.17) is 0 Å². The molecule has 0 fully saturated rings.